The molecule has 2 N–H and O–H groups in total. The summed E-state index contributed by atoms with van der Waals surface area (Å²) in [6.45, 7) is 11.4. The number of pyridine rings is 1. The first-order chi connectivity index (χ1) is 13.6. The Balaban J connectivity index is 1.42. The standard InChI is InChI=1S/C21H32N6O/c1-4-22-21(25-14-19-7-5-6-10-23-19)24-13-18-8-11-27(12-9-18)15-20-26-16(2)17(3)28-20/h5-7,10,18H,4,8-9,11-15H2,1-3H3,(H2,22,24,25). The van der Waals surface area contributed by atoms with Crippen molar-refractivity contribution in [2.45, 2.75) is 46.7 Å². The molecule has 0 bridgehead atoms. The molecule has 0 aliphatic carbocycles. The predicted molar refractivity (Wildman–Crippen MR) is 111 cm³/mol. The number of guanidine groups is 1. The smallest absolute Gasteiger partial charge is 0.208 e. The number of aromatic nitrogens is 2. The van der Waals surface area contributed by atoms with Crippen LogP contribution in [0.25, 0.3) is 0 Å². The highest BCUT2D eigenvalue weighted by atomic mass is 16.4. The molecule has 7 nitrogen and oxygen atoms in total. The van der Waals surface area contributed by atoms with Crippen LogP contribution < -0.4 is 10.6 Å². The molecule has 1 fully saturated rings. The van der Waals surface area contributed by atoms with Crippen LogP contribution in [0.3, 0.4) is 0 Å². The Kier molecular flexibility index (Phi) is 7.42. The Bertz CT molecular complexity index is 730. The fraction of sp³-hybridized carbons (Fsp3) is 0.571. The maximum atomic E-state index is 5.72. The van der Waals surface area contributed by atoms with E-state index >= 15 is 0 Å². The van der Waals surface area contributed by atoms with Gasteiger partial charge in [-0.1, -0.05) is 6.07 Å². The summed E-state index contributed by atoms with van der Waals surface area (Å²) in [4.78, 5) is 15.9. The van der Waals surface area contributed by atoms with E-state index in [1.807, 2.05) is 32.0 Å². The molecule has 28 heavy (non-hydrogen) atoms. The molecule has 2 aromatic heterocycles. The Morgan fingerprint density at radius 1 is 1.25 bits per heavy atom. The molecule has 0 unspecified atom stereocenters. The average molecular weight is 385 g/mol. The number of nitrogens with one attached hydrogen (secondary N) is 2. The second kappa shape index (κ2) is 10.2. The van der Waals surface area contributed by atoms with Crippen LogP contribution in [0, 0.1) is 19.8 Å². The van der Waals surface area contributed by atoms with Crippen LogP contribution >= 0.6 is 0 Å². The highest BCUT2D eigenvalue weighted by molar-refractivity contribution is 5.79. The van der Waals surface area contributed by atoms with E-state index < -0.39 is 0 Å². The summed E-state index contributed by atoms with van der Waals surface area (Å²) in [6.07, 6.45) is 4.15. The fourth-order valence-electron chi connectivity index (χ4n) is 3.38. The van der Waals surface area contributed by atoms with Gasteiger partial charge in [0.1, 0.15) is 5.76 Å². The molecule has 1 saturated heterocycles. The van der Waals surface area contributed by atoms with Crippen LogP contribution in [0.2, 0.25) is 0 Å². The molecule has 3 heterocycles. The first kappa shape index (κ1) is 20.3. The van der Waals surface area contributed by atoms with Gasteiger partial charge in [-0.3, -0.25) is 9.88 Å². The molecule has 3 rings (SSSR count). The normalized spacial score (nSPS) is 16.3. The van der Waals surface area contributed by atoms with Gasteiger partial charge in [0.15, 0.2) is 5.96 Å². The number of hydrogen-bond donors (Lipinski definition) is 2. The number of likely N-dealkylation sites (tertiary alicyclic amines) is 1. The first-order valence-electron chi connectivity index (χ1n) is 10.2. The quantitative estimate of drug-likeness (QED) is 0.564. The lowest BCUT2D eigenvalue weighted by molar-refractivity contribution is 0.164. The molecule has 0 amide bonds. The Morgan fingerprint density at radius 2 is 2.07 bits per heavy atom. The van der Waals surface area contributed by atoms with Gasteiger partial charge in [-0.15, -0.1) is 0 Å². The van der Waals surface area contributed by atoms with E-state index in [4.69, 9.17) is 4.42 Å². The Hall–Kier alpha value is -2.41. The summed E-state index contributed by atoms with van der Waals surface area (Å²) in [6, 6.07) is 5.92. The van der Waals surface area contributed by atoms with E-state index in [0.717, 1.165) is 61.7 Å². The van der Waals surface area contributed by atoms with Crippen molar-refractivity contribution in [1.82, 2.24) is 25.5 Å². The van der Waals surface area contributed by atoms with Crippen LogP contribution in [-0.2, 0) is 13.1 Å². The molecule has 1 aliphatic heterocycles. The highest BCUT2D eigenvalue weighted by Crippen LogP contribution is 2.19. The van der Waals surface area contributed by atoms with Gasteiger partial charge in [0.2, 0.25) is 5.89 Å². The molecule has 7 heteroatoms. The van der Waals surface area contributed by atoms with E-state index in [1.54, 1.807) is 6.20 Å². The van der Waals surface area contributed by atoms with E-state index in [-0.39, 0.29) is 0 Å². The molecule has 0 atom stereocenters. The Morgan fingerprint density at radius 3 is 2.71 bits per heavy atom. The van der Waals surface area contributed by atoms with Gasteiger partial charge in [0.05, 0.1) is 24.5 Å². The van der Waals surface area contributed by atoms with Crippen molar-refractivity contribution >= 4 is 5.96 Å². The maximum absolute atomic E-state index is 5.72. The zero-order valence-electron chi connectivity index (χ0n) is 17.2. The van der Waals surface area contributed by atoms with Crippen molar-refractivity contribution in [3.63, 3.8) is 0 Å². The van der Waals surface area contributed by atoms with E-state index in [0.29, 0.717) is 12.5 Å². The van der Waals surface area contributed by atoms with E-state index in [2.05, 4.69) is 37.4 Å². The van der Waals surface area contributed by atoms with Crippen molar-refractivity contribution in [1.29, 1.82) is 0 Å². The molecular formula is C21H32N6O. The molecule has 0 saturated carbocycles. The molecule has 0 spiro atoms. The summed E-state index contributed by atoms with van der Waals surface area (Å²) >= 11 is 0. The van der Waals surface area contributed by atoms with Crippen molar-refractivity contribution in [2.75, 3.05) is 26.2 Å². The van der Waals surface area contributed by atoms with Crippen molar-refractivity contribution < 1.29 is 4.42 Å². The van der Waals surface area contributed by atoms with Crippen LogP contribution in [-0.4, -0.2) is 47.0 Å². The molecule has 1 aliphatic rings. The monoisotopic (exact) mass is 384 g/mol. The predicted octanol–water partition coefficient (Wildman–Crippen LogP) is 2.65. The van der Waals surface area contributed by atoms with Gasteiger partial charge in [-0.05, 0) is 64.8 Å². The third kappa shape index (κ3) is 6.05. The minimum absolute atomic E-state index is 0.587. The van der Waals surface area contributed by atoms with Gasteiger partial charge >= 0.3 is 0 Å². The van der Waals surface area contributed by atoms with Crippen molar-refractivity contribution in [3.05, 3.63) is 47.4 Å². The van der Waals surface area contributed by atoms with Crippen LogP contribution in [0.15, 0.2) is 33.8 Å². The number of piperidine rings is 1. The molecule has 0 radical (unpaired) electrons. The number of rotatable bonds is 7. The molecule has 2 aromatic rings. The van der Waals surface area contributed by atoms with E-state index in [1.165, 1.54) is 12.8 Å². The summed E-state index contributed by atoms with van der Waals surface area (Å²) in [5.41, 5.74) is 1.97. The molecule has 0 aromatic carbocycles. The van der Waals surface area contributed by atoms with Gasteiger partial charge in [-0.25, -0.2) is 9.98 Å². The van der Waals surface area contributed by atoms with Gasteiger partial charge < -0.3 is 15.1 Å². The number of nitrogens with zero attached hydrogens (tertiary/aromatic N) is 4. The molecular weight excluding hydrogens is 352 g/mol. The van der Waals surface area contributed by atoms with Crippen molar-refractivity contribution in [2.24, 2.45) is 10.9 Å². The van der Waals surface area contributed by atoms with Crippen LogP contribution in [0.4, 0.5) is 0 Å². The van der Waals surface area contributed by atoms with Crippen LogP contribution in [0.1, 0.15) is 42.8 Å². The number of aliphatic imine (C=N–C) groups is 1. The average Bonchev–Trinajstić information content (AvgIpc) is 3.03. The lowest BCUT2D eigenvalue weighted by Gasteiger charge is -2.31. The van der Waals surface area contributed by atoms with Gasteiger partial charge in [0, 0.05) is 19.3 Å². The maximum Gasteiger partial charge on any atom is 0.208 e. The largest absolute Gasteiger partial charge is 0.444 e. The second-order valence-electron chi connectivity index (χ2n) is 7.37. The van der Waals surface area contributed by atoms with Crippen molar-refractivity contribution in [3.8, 4) is 0 Å². The van der Waals surface area contributed by atoms with Gasteiger partial charge in [-0.2, -0.15) is 0 Å². The zero-order valence-corrected chi connectivity index (χ0v) is 17.2. The van der Waals surface area contributed by atoms with Gasteiger partial charge in [0.25, 0.3) is 0 Å². The molecule has 152 valence electrons. The number of hydrogen-bond acceptors (Lipinski definition) is 5. The second-order valence-corrected chi connectivity index (χ2v) is 7.37. The SMILES string of the molecule is CCNC(=NCc1ccccn1)NCC1CCN(Cc2nc(C)c(C)o2)CC1. The third-order valence-corrected chi connectivity index (χ3v) is 5.17. The lowest BCUT2D eigenvalue weighted by atomic mass is 9.97. The van der Waals surface area contributed by atoms with Crippen LogP contribution in [0.5, 0.6) is 0 Å². The number of aryl methyl sites for hydroxylation is 2. The third-order valence-electron chi connectivity index (χ3n) is 5.17. The minimum Gasteiger partial charge on any atom is -0.444 e. The summed E-state index contributed by atoms with van der Waals surface area (Å²) in [5, 5.41) is 6.82. The zero-order chi connectivity index (χ0) is 19.8. The number of oxazole rings is 1. The highest BCUT2D eigenvalue weighted by Gasteiger charge is 2.21. The minimum atomic E-state index is 0.587. The summed E-state index contributed by atoms with van der Waals surface area (Å²) in [7, 11) is 0. The first-order valence-corrected chi connectivity index (χ1v) is 10.2. The van der Waals surface area contributed by atoms with E-state index in [9.17, 15) is 0 Å². The topological polar surface area (TPSA) is 78.6 Å². The summed E-state index contributed by atoms with van der Waals surface area (Å²) in [5.74, 6) is 3.28. The lowest BCUT2D eigenvalue weighted by Crippen LogP contribution is -2.42. The Labute approximate surface area is 167 Å². The summed E-state index contributed by atoms with van der Waals surface area (Å²) < 4.78 is 5.72. The fourth-order valence-corrected chi connectivity index (χ4v) is 3.38.